The number of carbonyl (C=O) groups excluding carboxylic acids is 1. The van der Waals surface area contributed by atoms with Crippen LogP contribution in [-0.2, 0) is 14.3 Å². The number of likely N-dealkylation sites (tertiary alicyclic amines) is 1. The summed E-state index contributed by atoms with van der Waals surface area (Å²) in [5.74, 6) is -0.188. The molecule has 2 aliphatic heterocycles. The molecule has 2 saturated heterocycles. The summed E-state index contributed by atoms with van der Waals surface area (Å²) in [6.45, 7) is 5.76. The zero-order chi connectivity index (χ0) is 9.73. The highest BCUT2D eigenvalue weighted by molar-refractivity contribution is 5.10. The molecule has 0 bridgehead atoms. The Hall–Kier alpha value is -0.450. The van der Waals surface area contributed by atoms with Crippen LogP contribution in [0.1, 0.15) is 12.8 Å². The van der Waals surface area contributed by atoms with Gasteiger partial charge in [-0.1, -0.05) is 0 Å². The highest BCUT2D eigenvalue weighted by Gasteiger charge is 2.38. The molecule has 2 fully saturated rings. The molecule has 76 valence electrons. The highest BCUT2D eigenvalue weighted by atomic mass is 16.7. The average Bonchev–Trinajstić information content (AvgIpc) is 2.63. The monoisotopic (exact) mass is 187 g/mol. The Morgan fingerprint density at radius 3 is 2.08 bits per heavy atom. The highest BCUT2D eigenvalue weighted by Crippen LogP contribution is 2.30. The van der Waals surface area contributed by atoms with Gasteiger partial charge in [0.05, 0.1) is 13.2 Å². The van der Waals surface area contributed by atoms with E-state index < -0.39 is 0 Å². The molecule has 0 aromatic carbocycles. The Morgan fingerprint density at radius 1 is 1.15 bits per heavy atom. The molecule has 0 radical (unpaired) electrons. The normalized spacial score (nSPS) is 26.8. The van der Waals surface area contributed by atoms with E-state index in [0.29, 0.717) is 0 Å². The largest absolute Gasteiger partial charge is 0.347 e. The van der Waals surface area contributed by atoms with Crippen molar-refractivity contribution in [1.82, 2.24) is 4.90 Å². The Bertz CT molecular complexity index is 147. The second-order valence-corrected chi connectivity index (χ2v) is 3.41. The summed E-state index contributed by atoms with van der Waals surface area (Å²) >= 11 is 0. The Kier molecular flexibility index (Phi) is 3.84. The quantitative estimate of drug-likeness (QED) is 0.545. The minimum Gasteiger partial charge on any atom is -0.347 e. The number of piperidine rings is 1. The van der Waals surface area contributed by atoms with Gasteiger partial charge in [-0.3, -0.25) is 0 Å². The van der Waals surface area contributed by atoms with Gasteiger partial charge in [-0.25, -0.2) is 0 Å². The Labute approximate surface area is 78.8 Å². The summed E-state index contributed by atoms with van der Waals surface area (Å²) in [7, 11) is 2.14. The van der Waals surface area contributed by atoms with Crippen LogP contribution in [0.4, 0.5) is 0 Å². The van der Waals surface area contributed by atoms with Gasteiger partial charge >= 0.3 is 0 Å². The van der Waals surface area contributed by atoms with Crippen molar-refractivity contribution >= 4 is 6.79 Å². The zero-order valence-corrected chi connectivity index (χ0v) is 8.12. The van der Waals surface area contributed by atoms with Crippen LogP contribution in [0.2, 0.25) is 0 Å². The van der Waals surface area contributed by atoms with Gasteiger partial charge < -0.3 is 19.2 Å². The Morgan fingerprint density at radius 2 is 1.62 bits per heavy atom. The predicted octanol–water partition coefficient (Wildman–Crippen LogP) is 0.270. The third-order valence-electron chi connectivity index (χ3n) is 2.56. The van der Waals surface area contributed by atoms with E-state index in [-0.39, 0.29) is 5.79 Å². The third kappa shape index (κ3) is 2.49. The van der Waals surface area contributed by atoms with Gasteiger partial charge in [-0.15, -0.1) is 0 Å². The van der Waals surface area contributed by atoms with Crippen molar-refractivity contribution in [1.29, 1.82) is 0 Å². The number of carbonyl (C=O) groups is 1. The van der Waals surface area contributed by atoms with Crippen LogP contribution < -0.4 is 0 Å². The standard InChI is InChI=1S/C8H15NO2.CH2O/c1-9-4-2-8(3-5-9)10-6-7-11-8;1-2/h2-7H2,1H3;1H2. The van der Waals surface area contributed by atoms with Crippen LogP contribution >= 0.6 is 0 Å². The summed E-state index contributed by atoms with van der Waals surface area (Å²) < 4.78 is 11.2. The number of rotatable bonds is 0. The molecule has 0 N–H and O–H groups in total. The van der Waals surface area contributed by atoms with Crippen molar-refractivity contribution < 1.29 is 14.3 Å². The van der Waals surface area contributed by atoms with Gasteiger partial charge in [-0.05, 0) is 7.05 Å². The molecule has 4 heteroatoms. The van der Waals surface area contributed by atoms with Crippen molar-refractivity contribution in [3.05, 3.63) is 0 Å². The fourth-order valence-electron chi connectivity index (χ4n) is 1.74. The molecule has 0 atom stereocenters. The number of nitrogens with zero attached hydrogens (tertiary/aromatic N) is 1. The first kappa shape index (κ1) is 10.6. The van der Waals surface area contributed by atoms with Gasteiger partial charge in [0.15, 0.2) is 5.79 Å². The fraction of sp³-hybridized carbons (Fsp3) is 0.889. The molecule has 1 spiro atoms. The van der Waals surface area contributed by atoms with Crippen LogP contribution in [0, 0.1) is 0 Å². The van der Waals surface area contributed by atoms with Gasteiger partial charge in [0.25, 0.3) is 0 Å². The van der Waals surface area contributed by atoms with E-state index in [0.717, 1.165) is 39.1 Å². The minimum absolute atomic E-state index is 0.188. The number of hydrogen-bond donors (Lipinski definition) is 0. The van der Waals surface area contributed by atoms with Gasteiger partial charge in [0, 0.05) is 25.9 Å². The molecule has 0 aromatic heterocycles. The topological polar surface area (TPSA) is 38.8 Å². The maximum Gasteiger partial charge on any atom is 0.170 e. The van der Waals surface area contributed by atoms with Crippen LogP contribution in [0.25, 0.3) is 0 Å². The molecule has 2 rings (SSSR count). The van der Waals surface area contributed by atoms with E-state index >= 15 is 0 Å². The van der Waals surface area contributed by atoms with E-state index in [1.54, 1.807) is 0 Å². The van der Waals surface area contributed by atoms with Gasteiger partial charge in [0.2, 0.25) is 0 Å². The number of hydrogen-bond acceptors (Lipinski definition) is 4. The first-order valence-corrected chi connectivity index (χ1v) is 4.56. The third-order valence-corrected chi connectivity index (χ3v) is 2.56. The van der Waals surface area contributed by atoms with E-state index in [1.165, 1.54) is 0 Å². The van der Waals surface area contributed by atoms with Crippen LogP contribution in [-0.4, -0.2) is 50.8 Å². The first-order valence-electron chi connectivity index (χ1n) is 4.56. The van der Waals surface area contributed by atoms with Crippen molar-refractivity contribution in [2.45, 2.75) is 18.6 Å². The van der Waals surface area contributed by atoms with Gasteiger partial charge in [-0.2, -0.15) is 0 Å². The van der Waals surface area contributed by atoms with E-state index in [1.807, 2.05) is 6.79 Å². The van der Waals surface area contributed by atoms with E-state index in [4.69, 9.17) is 14.3 Å². The summed E-state index contributed by atoms with van der Waals surface area (Å²) in [6.07, 6.45) is 2.06. The van der Waals surface area contributed by atoms with E-state index in [9.17, 15) is 0 Å². The maximum absolute atomic E-state index is 8.00. The summed E-state index contributed by atoms with van der Waals surface area (Å²) in [6, 6.07) is 0. The van der Waals surface area contributed by atoms with Crippen LogP contribution in [0.15, 0.2) is 0 Å². The summed E-state index contributed by atoms with van der Waals surface area (Å²) in [5.41, 5.74) is 0. The first-order chi connectivity index (χ1) is 6.31. The van der Waals surface area contributed by atoms with Crippen molar-refractivity contribution in [3.8, 4) is 0 Å². The molecule has 0 aliphatic carbocycles. The van der Waals surface area contributed by atoms with Crippen LogP contribution in [0.3, 0.4) is 0 Å². The maximum atomic E-state index is 8.00. The Balaban J connectivity index is 0.000000396. The number of ether oxygens (including phenoxy) is 2. The molecular weight excluding hydrogens is 170 g/mol. The molecule has 2 heterocycles. The molecule has 13 heavy (non-hydrogen) atoms. The smallest absolute Gasteiger partial charge is 0.170 e. The second kappa shape index (κ2) is 4.69. The van der Waals surface area contributed by atoms with Crippen molar-refractivity contribution in [2.24, 2.45) is 0 Å². The zero-order valence-electron chi connectivity index (χ0n) is 8.12. The molecule has 2 aliphatic rings. The summed E-state index contributed by atoms with van der Waals surface area (Å²) in [4.78, 5) is 10.3. The predicted molar refractivity (Wildman–Crippen MR) is 48.5 cm³/mol. The van der Waals surface area contributed by atoms with E-state index in [2.05, 4.69) is 11.9 Å². The lowest BCUT2D eigenvalue weighted by molar-refractivity contribution is -0.183. The lowest BCUT2D eigenvalue weighted by Crippen LogP contribution is -2.43. The minimum atomic E-state index is -0.188. The summed E-state index contributed by atoms with van der Waals surface area (Å²) in [5, 5.41) is 0. The van der Waals surface area contributed by atoms with Crippen LogP contribution in [0.5, 0.6) is 0 Å². The fourth-order valence-corrected chi connectivity index (χ4v) is 1.74. The lowest BCUT2D eigenvalue weighted by atomic mass is 10.0. The molecule has 0 aromatic rings. The molecule has 0 amide bonds. The van der Waals surface area contributed by atoms with Crippen molar-refractivity contribution in [3.63, 3.8) is 0 Å². The lowest BCUT2D eigenvalue weighted by Gasteiger charge is -2.35. The molecule has 0 unspecified atom stereocenters. The molecule has 4 nitrogen and oxygen atoms in total. The molecule has 0 saturated carbocycles. The second-order valence-electron chi connectivity index (χ2n) is 3.41. The van der Waals surface area contributed by atoms with Crippen molar-refractivity contribution in [2.75, 3.05) is 33.4 Å². The average molecular weight is 187 g/mol. The molecular formula is C9H17NO3. The SMILES string of the molecule is C=O.CN1CCC2(CC1)OCCO2. The van der Waals surface area contributed by atoms with Gasteiger partial charge in [0.1, 0.15) is 6.79 Å².